The van der Waals surface area contributed by atoms with E-state index < -0.39 is 6.10 Å². The van der Waals surface area contributed by atoms with Crippen LogP contribution in [0.25, 0.3) is 10.8 Å². The van der Waals surface area contributed by atoms with Crippen molar-refractivity contribution in [3.05, 3.63) is 42.0 Å². The predicted octanol–water partition coefficient (Wildman–Crippen LogP) is 2.73. The van der Waals surface area contributed by atoms with Gasteiger partial charge in [0.05, 0.1) is 6.10 Å². The summed E-state index contributed by atoms with van der Waals surface area (Å²) in [6.45, 7) is 2.20. The van der Waals surface area contributed by atoms with E-state index in [4.69, 9.17) is 4.74 Å². The highest BCUT2D eigenvalue weighted by molar-refractivity contribution is 5.92. The van der Waals surface area contributed by atoms with Crippen molar-refractivity contribution < 1.29 is 14.6 Å². The number of fused-ring (bicyclic) bond motifs is 1. The lowest BCUT2D eigenvalue weighted by atomic mass is 10.0. The normalized spacial score (nSPS) is 12.3. The number of benzene rings is 2. The number of carbonyl (C=O) groups excluding carboxylic acids is 1. The number of ether oxygens (including phenoxy) is 1. The standard InChI is InChI=1S/C16H18O3/c1-2-13(18)11-19-16-8-7-12(9-10-17)14-5-3-4-6-15(14)16/h3-8,10,13,18H,2,9,11H2,1H3. The predicted molar refractivity (Wildman–Crippen MR) is 75.5 cm³/mol. The Labute approximate surface area is 112 Å². The van der Waals surface area contributed by atoms with Crippen molar-refractivity contribution in [3.63, 3.8) is 0 Å². The minimum atomic E-state index is -0.451. The molecule has 0 spiro atoms. The SMILES string of the molecule is CCC(O)COc1ccc(CC=O)c2ccccc12. The van der Waals surface area contributed by atoms with Crippen LogP contribution in [0.1, 0.15) is 18.9 Å². The van der Waals surface area contributed by atoms with Gasteiger partial charge in [-0.25, -0.2) is 0 Å². The van der Waals surface area contributed by atoms with Crippen LogP contribution in [0.15, 0.2) is 36.4 Å². The first-order chi connectivity index (χ1) is 9.26. The summed E-state index contributed by atoms with van der Waals surface area (Å²) in [7, 11) is 0. The zero-order valence-electron chi connectivity index (χ0n) is 11.0. The van der Waals surface area contributed by atoms with Gasteiger partial charge >= 0.3 is 0 Å². The van der Waals surface area contributed by atoms with Gasteiger partial charge < -0.3 is 14.6 Å². The fraction of sp³-hybridized carbons (Fsp3) is 0.312. The van der Waals surface area contributed by atoms with Crippen molar-refractivity contribution >= 4 is 17.1 Å². The Balaban J connectivity index is 2.35. The molecule has 0 fully saturated rings. The van der Waals surface area contributed by atoms with Crippen molar-refractivity contribution in [2.24, 2.45) is 0 Å². The van der Waals surface area contributed by atoms with Crippen LogP contribution in [0.2, 0.25) is 0 Å². The van der Waals surface area contributed by atoms with E-state index in [1.54, 1.807) is 0 Å². The molecule has 0 aliphatic carbocycles. The van der Waals surface area contributed by atoms with E-state index in [-0.39, 0.29) is 6.61 Å². The van der Waals surface area contributed by atoms with Crippen molar-refractivity contribution in [1.82, 2.24) is 0 Å². The molecule has 0 radical (unpaired) electrons. The molecule has 2 rings (SSSR count). The minimum Gasteiger partial charge on any atom is -0.490 e. The van der Waals surface area contributed by atoms with Gasteiger partial charge in [0.15, 0.2) is 0 Å². The van der Waals surface area contributed by atoms with E-state index in [0.717, 1.165) is 28.4 Å². The molecule has 1 N–H and O–H groups in total. The molecule has 19 heavy (non-hydrogen) atoms. The number of aliphatic hydroxyl groups is 1. The maximum Gasteiger partial charge on any atom is 0.127 e. The molecule has 0 aliphatic rings. The first kappa shape index (κ1) is 13.6. The molecule has 100 valence electrons. The molecule has 3 heteroatoms. The highest BCUT2D eigenvalue weighted by Gasteiger charge is 2.08. The fourth-order valence-corrected chi connectivity index (χ4v) is 2.03. The Morgan fingerprint density at radius 1 is 1.21 bits per heavy atom. The largest absolute Gasteiger partial charge is 0.490 e. The summed E-state index contributed by atoms with van der Waals surface area (Å²) in [5.41, 5.74) is 0.994. The van der Waals surface area contributed by atoms with Gasteiger partial charge in [0.1, 0.15) is 18.6 Å². The van der Waals surface area contributed by atoms with Crippen molar-refractivity contribution in [1.29, 1.82) is 0 Å². The summed E-state index contributed by atoms with van der Waals surface area (Å²) in [6.07, 6.45) is 1.52. The first-order valence-corrected chi connectivity index (χ1v) is 6.51. The molecule has 0 bridgehead atoms. The Hall–Kier alpha value is -1.87. The van der Waals surface area contributed by atoms with E-state index in [1.807, 2.05) is 43.3 Å². The van der Waals surface area contributed by atoms with Gasteiger partial charge in [-0.05, 0) is 23.4 Å². The molecule has 0 aliphatic heterocycles. The lowest BCUT2D eigenvalue weighted by molar-refractivity contribution is -0.107. The highest BCUT2D eigenvalue weighted by atomic mass is 16.5. The first-order valence-electron chi connectivity index (χ1n) is 6.51. The van der Waals surface area contributed by atoms with Crippen LogP contribution in [0.4, 0.5) is 0 Å². The monoisotopic (exact) mass is 258 g/mol. The quantitative estimate of drug-likeness (QED) is 0.810. The Morgan fingerprint density at radius 2 is 1.95 bits per heavy atom. The minimum absolute atomic E-state index is 0.285. The number of aliphatic hydroxyl groups excluding tert-OH is 1. The molecule has 0 amide bonds. The van der Waals surface area contributed by atoms with Crippen LogP contribution in [0.5, 0.6) is 5.75 Å². The van der Waals surface area contributed by atoms with Crippen LogP contribution >= 0.6 is 0 Å². The van der Waals surface area contributed by atoms with Gasteiger partial charge in [-0.1, -0.05) is 37.3 Å². The lowest BCUT2D eigenvalue weighted by Crippen LogP contribution is -2.16. The second kappa shape index (κ2) is 6.34. The molecule has 0 saturated carbocycles. The molecule has 2 aromatic rings. The number of hydrogen-bond acceptors (Lipinski definition) is 3. The Kier molecular flexibility index (Phi) is 4.53. The summed E-state index contributed by atoms with van der Waals surface area (Å²) in [4.78, 5) is 10.7. The number of carbonyl (C=O) groups is 1. The van der Waals surface area contributed by atoms with Crippen molar-refractivity contribution in [3.8, 4) is 5.75 Å². The Bertz CT molecular complexity index is 563. The zero-order chi connectivity index (χ0) is 13.7. The van der Waals surface area contributed by atoms with E-state index in [0.29, 0.717) is 12.8 Å². The third kappa shape index (κ3) is 3.12. The van der Waals surface area contributed by atoms with Crippen LogP contribution in [0.3, 0.4) is 0 Å². The molecule has 1 atom stereocenters. The average Bonchev–Trinajstić information content (AvgIpc) is 2.46. The summed E-state index contributed by atoms with van der Waals surface area (Å²) in [5, 5.41) is 11.6. The van der Waals surface area contributed by atoms with Crippen LogP contribution in [-0.2, 0) is 11.2 Å². The second-order valence-corrected chi connectivity index (χ2v) is 4.51. The van der Waals surface area contributed by atoms with E-state index in [2.05, 4.69) is 0 Å². The molecule has 2 aromatic carbocycles. The van der Waals surface area contributed by atoms with E-state index in [9.17, 15) is 9.90 Å². The molecule has 3 nitrogen and oxygen atoms in total. The molecular weight excluding hydrogens is 240 g/mol. The number of hydrogen-bond donors (Lipinski definition) is 1. The summed E-state index contributed by atoms with van der Waals surface area (Å²) in [6, 6.07) is 11.6. The van der Waals surface area contributed by atoms with Gasteiger partial charge in [-0.15, -0.1) is 0 Å². The Morgan fingerprint density at radius 3 is 2.63 bits per heavy atom. The van der Waals surface area contributed by atoms with Crippen molar-refractivity contribution in [2.45, 2.75) is 25.9 Å². The zero-order valence-corrected chi connectivity index (χ0v) is 11.0. The average molecular weight is 258 g/mol. The molecule has 0 aromatic heterocycles. The number of rotatable bonds is 6. The fourth-order valence-electron chi connectivity index (χ4n) is 2.03. The molecule has 1 unspecified atom stereocenters. The molecule has 0 heterocycles. The lowest BCUT2D eigenvalue weighted by Gasteiger charge is -2.13. The third-order valence-corrected chi connectivity index (χ3v) is 3.18. The topological polar surface area (TPSA) is 46.5 Å². The molecule has 0 saturated heterocycles. The third-order valence-electron chi connectivity index (χ3n) is 3.18. The van der Waals surface area contributed by atoms with Crippen LogP contribution in [0, 0.1) is 0 Å². The van der Waals surface area contributed by atoms with Gasteiger partial charge in [0, 0.05) is 11.8 Å². The summed E-state index contributed by atoms with van der Waals surface area (Å²) >= 11 is 0. The van der Waals surface area contributed by atoms with E-state index in [1.165, 1.54) is 0 Å². The second-order valence-electron chi connectivity index (χ2n) is 4.51. The summed E-state index contributed by atoms with van der Waals surface area (Å²) < 4.78 is 5.67. The van der Waals surface area contributed by atoms with Crippen LogP contribution in [-0.4, -0.2) is 24.1 Å². The van der Waals surface area contributed by atoms with Gasteiger partial charge in [-0.2, -0.15) is 0 Å². The van der Waals surface area contributed by atoms with Gasteiger partial charge in [-0.3, -0.25) is 0 Å². The van der Waals surface area contributed by atoms with Gasteiger partial charge in [0.2, 0.25) is 0 Å². The maximum atomic E-state index is 10.7. The summed E-state index contributed by atoms with van der Waals surface area (Å²) in [5.74, 6) is 0.748. The van der Waals surface area contributed by atoms with E-state index >= 15 is 0 Å². The van der Waals surface area contributed by atoms with Gasteiger partial charge in [0.25, 0.3) is 0 Å². The van der Waals surface area contributed by atoms with Crippen molar-refractivity contribution in [2.75, 3.05) is 6.61 Å². The maximum absolute atomic E-state index is 10.7. The highest BCUT2D eigenvalue weighted by Crippen LogP contribution is 2.28. The number of aldehydes is 1. The smallest absolute Gasteiger partial charge is 0.127 e. The molecular formula is C16H18O3. The van der Waals surface area contributed by atoms with Crippen LogP contribution < -0.4 is 4.74 Å².